The number of hydrogen-bond donors (Lipinski definition) is 1. The van der Waals surface area contributed by atoms with Gasteiger partial charge in [0.1, 0.15) is 0 Å². The molecule has 0 aromatic heterocycles. The minimum Gasteiger partial charge on any atom is -0.313 e. The highest BCUT2D eigenvalue weighted by Gasteiger charge is 2.35. The number of nitrogens with one attached hydrogen (secondary N) is 1. The third-order valence-corrected chi connectivity index (χ3v) is 5.44. The standard InChI is InChI=1S/C17H33N/c1-4-11-18-17(13(2)3)16-10-9-14-7-5-6-8-15(14)12-16/h13-18H,4-12H2,1-3H3. The molecule has 0 heterocycles. The molecule has 1 N–H and O–H groups in total. The SMILES string of the molecule is CCCNC(C(C)C)C1CCC2CCCCC2C1. The van der Waals surface area contributed by atoms with E-state index in [4.69, 9.17) is 0 Å². The highest BCUT2D eigenvalue weighted by atomic mass is 14.9. The summed E-state index contributed by atoms with van der Waals surface area (Å²) in [6.07, 6.45) is 11.9. The van der Waals surface area contributed by atoms with E-state index in [2.05, 4.69) is 26.1 Å². The molecule has 0 saturated heterocycles. The van der Waals surface area contributed by atoms with Gasteiger partial charge in [-0.3, -0.25) is 0 Å². The molecule has 1 nitrogen and oxygen atoms in total. The van der Waals surface area contributed by atoms with E-state index in [-0.39, 0.29) is 0 Å². The maximum atomic E-state index is 3.83. The Morgan fingerprint density at radius 1 is 1.00 bits per heavy atom. The highest BCUT2D eigenvalue weighted by Crippen LogP contribution is 2.44. The van der Waals surface area contributed by atoms with E-state index < -0.39 is 0 Å². The van der Waals surface area contributed by atoms with Gasteiger partial charge < -0.3 is 5.32 Å². The van der Waals surface area contributed by atoms with Crippen molar-refractivity contribution in [1.29, 1.82) is 0 Å². The minimum atomic E-state index is 0.771. The van der Waals surface area contributed by atoms with Crippen molar-refractivity contribution in [3.63, 3.8) is 0 Å². The molecule has 106 valence electrons. The summed E-state index contributed by atoms with van der Waals surface area (Å²) >= 11 is 0. The van der Waals surface area contributed by atoms with Crippen LogP contribution in [0.1, 0.15) is 72.1 Å². The fraction of sp³-hybridized carbons (Fsp3) is 1.00. The van der Waals surface area contributed by atoms with Crippen molar-refractivity contribution in [3.8, 4) is 0 Å². The maximum Gasteiger partial charge on any atom is 0.0118 e. The van der Waals surface area contributed by atoms with Crippen molar-refractivity contribution in [2.75, 3.05) is 6.54 Å². The maximum absolute atomic E-state index is 3.83. The average molecular weight is 251 g/mol. The fourth-order valence-corrected chi connectivity index (χ4v) is 4.49. The molecule has 1 heteroatoms. The first-order chi connectivity index (χ1) is 8.72. The Morgan fingerprint density at radius 3 is 2.39 bits per heavy atom. The summed E-state index contributed by atoms with van der Waals surface area (Å²) in [6, 6.07) is 0.771. The normalized spacial score (nSPS) is 34.3. The summed E-state index contributed by atoms with van der Waals surface area (Å²) in [7, 11) is 0. The molecule has 4 unspecified atom stereocenters. The Labute approximate surface area is 114 Å². The lowest BCUT2D eigenvalue weighted by Gasteiger charge is -2.43. The monoisotopic (exact) mass is 251 g/mol. The zero-order valence-corrected chi connectivity index (χ0v) is 12.8. The van der Waals surface area contributed by atoms with Gasteiger partial charge in [0.25, 0.3) is 0 Å². The van der Waals surface area contributed by atoms with E-state index in [1.807, 2.05) is 0 Å². The van der Waals surface area contributed by atoms with E-state index in [1.165, 1.54) is 57.9 Å². The van der Waals surface area contributed by atoms with Crippen LogP contribution in [-0.2, 0) is 0 Å². The molecule has 0 aromatic carbocycles. The Bertz CT molecular complexity index is 236. The molecule has 2 saturated carbocycles. The van der Waals surface area contributed by atoms with Crippen molar-refractivity contribution >= 4 is 0 Å². The molecule has 2 rings (SSSR count). The van der Waals surface area contributed by atoms with Gasteiger partial charge in [0.2, 0.25) is 0 Å². The van der Waals surface area contributed by atoms with Crippen LogP contribution in [0.25, 0.3) is 0 Å². The van der Waals surface area contributed by atoms with Gasteiger partial charge in [-0.15, -0.1) is 0 Å². The van der Waals surface area contributed by atoms with Crippen molar-refractivity contribution in [2.45, 2.75) is 78.2 Å². The lowest BCUT2D eigenvalue weighted by Crippen LogP contribution is -2.44. The molecule has 2 aliphatic rings. The van der Waals surface area contributed by atoms with Gasteiger partial charge in [-0.05, 0) is 55.9 Å². The van der Waals surface area contributed by atoms with Crippen molar-refractivity contribution < 1.29 is 0 Å². The van der Waals surface area contributed by atoms with Crippen molar-refractivity contribution in [3.05, 3.63) is 0 Å². The summed E-state index contributed by atoms with van der Waals surface area (Å²) in [4.78, 5) is 0. The highest BCUT2D eigenvalue weighted by molar-refractivity contribution is 4.89. The van der Waals surface area contributed by atoms with Crippen LogP contribution in [0.15, 0.2) is 0 Å². The van der Waals surface area contributed by atoms with Crippen LogP contribution in [0.5, 0.6) is 0 Å². The topological polar surface area (TPSA) is 12.0 Å². The molecular weight excluding hydrogens is 218 g/mol. The fourth-order valence-electron chi connectivity index (χ4n) is 4.49. The average Bonchev–Trinajstić information content (AvgIpc) is 2.38. The van der Waals surface area contributed by atoms with Crippen LogP contribution in [0.4, 0.5) is 0 Å². The van der Waals surface area contributed by atoms with Crippen LogP contribution in [0.3, 0.4) is 0 Å². The van der Waals surface area contributed by atoms with Crippen LogP contribution in [0.2, 0.25) is 0 Å². The lowest BCUT2D eigenvalue weighted by atomic mass is 9.65. The molecule has 0 aromatic rings. The van der Waals surface area contributed by atoms with Gasteiger partial charge in [0.05, 0.1) is 0 Å². The van der Waals surface area contributed by atoms with Crippen LogP contribution in [0, 0.1) is 23.7 Å². The van der Waals surface area contributed by atoms with Crippen LogP contribution in [-0.4, -0.2) is 12.6 Å². The third-order valence-electron chi connectivity index (χ3n) is 5.44. The molecule has 18 heavy (non-hydrogen) atoms. The number of fused-ring (bicyclic) bond motifs is 1. The van der Waals surface area contributed by atoms with E-state index >= 15 is 0 Å². The van der Waals surface area contributed by atoms with E-state index in [9.17, 15) is 0 Å². The predicted molar refractivity (Wildman–Crippen MR) is 79.7 cm³/mol. The van der Waals surface area contributed by atoms with Gasteiger partial charge in [-0.1, -0.05) is 46.5 Å². The zero-order chi connectivity index (χ0) is 13.0. The van der Waals surface area contributed by atoms with Gasteiger partial charge in [-0.25, -0.2) is 0 Å². The second kappa shape index (κ2) is 6.93. The molecule has 2 fully saturated rings. The Balaban J connectivity index is 1.90. The Kier molecular flexibility index (Phi) is 5.54. The first-order valence-corrected chi connectivity index (χ1v) is 8.45. The summed E-state index contributed by atoms with van der Waals surface area (Å²) in [6.45, 7) is 8.29. The molecule has 0 aliphatic heterocycles. The van der Waals surface area contributed by atoms with E-state index in [1.54, 1.807) is 0 Å². The zero-order valence-electron chi connectivity index (χ0n) is 12.8. The van der Waals surface area contributed by atoms with Gasteiger partial charge in [0, 0.05) is 6.04 Å². The summed E-state index contributed by atoms with van der Waals surface area (Å²) in [5.74, 6) is 3.91. The summed E-state index contributed by atoms with van der Waals surface area (Å²) in [5.41, 5.74) is 0. The largest absolute Gasteiger partial charge is 0.313 e. The minimum absolute atomic E-state index is 0.771. The molecule has 0 radical (unpaired) electrons. The second-order valence-corrected chi connectivity index (χ2v) is 7.10. The third kappa shape index (κ3) is 3.50. The van der Waals surface area contributed by atoms with Crippen LogP contribution >= 0.6 is 0 Å². The summed E-state index contributed by atoms with van der Waals surface area (Å²) in [5, 5.41) is 3.83. The molecule has 0 spiro atoms. The van der Waals surface area contributed by atoms with E-state index in [0.717, 1.165) is 29.7 Å². The first kappa shape index (κ1) is 14.4. The Hall–Kier alpha value is -0.0400. The van der Waals surface area contributed by atoms with Gasteiger partial charge in [0.15, 0.2) is 0 Å². The first-order valence-electron chi connectivity index (χ1n) is 8.45. The predicted octanol–water partition coefficient (Wildman–Crippen LogP) is 4.62. The summed E-state index contributed by atoms with van der Waals surface area (Å²) < 4.78 is 0. The number of rotatable bonds is 5. The molecule has 0 bridgehead atoms. The molecular formula is C17H33N. The lowest BCUT2D eigenvalue weighted by molar-refractivity contribution is 0.0977. The van der Waals surface area contributed by atoms with E-state index in [0.29, 0.717) is 0 Å². The van der Waals surface area contributed by atoms with Crippen LogP contribution < -0.4 is 5.32 Å². The quantitative estimate of drug-likeness (QED) is 0.752. The van der Waals surface area contributed by atoms with Gasteiger partial charge >= 0.3 is 0 Å². The van der Waals surface area contributed by atoms with Crippen molar-refractivity contribution in [2.24, 2.45) is 23.7 Å². The van der Waals surface area contributed by atoms with Crippen molar-refractivity contribution in [1.82, 2.24) is 5.32 Å². The Morgan fingerprint density at radius 2 is 1.72 bits per heavy atom. The molecule has 4 atom stereocenters. The molecule has 2 aliphatic carbocycles. The second-order valence-electron chi connectivity index (χ2n) is 7.10. The van der Waals surface area contributed by atoms with Gasteiger partial charge in [-0.2, -0.15) is 0 Å². The molecule has 0 amide bonds. The number of hydrogen-bond acceptors (Lipinski definition) is 1. The smallest absolute Gasteiger partial charge is 0.0118 e.